The van der Waals surface area contributed by atoms with Gasteiger partial charge in [-0.1, -0.05) is 6.07 Å². The highest BCUT2D eigenvalue weighted by atomic mass is 16.5. The number of methoxy groups -OCH3 is 1. The summed E-state index contributed by atoms with van der Waals surface area (Å²) < 4.78 is 4.90. The number of phenolic OH excluding ortho intramolecular Hbond substituents is 1. The number of nitrogens with one attached hydrogen (secondary N) is 1. The van der Waals surface area contributed by atoms with Gasteiger partial charge >= 0.3 is 5.97 Å². The maximum atomic E-state index is 10.6. The van der Waals surface area contributed by atoms with Crippen molar-refractivity contribution < 1.29 is 19.7 Å². The monoisotopic (exact) mass is 225 g/mol. The summed E-state index contributed by atoms with van der Waals surface area (Å²) in [6, 6.07) is 4.32. The molecule has 0 bridgehead atoms. The Kier molecular flexibility index (Phi) is 4.13. The van der Waals surface area contributed by atoms with E-state index in [-0.39, 0.29) is 5.75 Å². The first-order valence-corrected chi connectivity index (χ1v) is 4.86. The molecule has 1 aromatic rings. The minimum Gasteiger partial charge on any atom is -0.504 e. The fourth-order valence-corrected chi connectivity index (χ4v) is 1.20. The summed E-state index contributed by atoms with van der Waals surface area (Å²) in [6.45, 7) is 1.94. The molecule has 1 aromatic carbocycles. The van der Waals surface area contributed by atoms with E-state index in [4.69, 9.17) is 9.84 Å². The SMILES string of the molecule is COc1ccc(CNC(C)C(=O)O)cc1O. The summed E-state index contributed by atoms with van der Waals surface area (Å²) in [6.07, 6.45) is 0. The Bertz CT molecular complexity index is 378. The van der Waals surface area contributed by atoms with Gasteiger partial charge < -0.3 is 20.3 Å². The molecule has 0 aliphatic rings. The van der Waals surface area contributed by atoms with Crippen LogP contribution >= 0.6 is 0 Å². The molecule has 0 saturated carbocycles. The average molecular weight is 225 g/mol. The third kappa shape index (κ3) is 3.13. The Balaban J connectivity index is 2.62. The molecule has 16 heavy (non-hydrogen) atoms. The number of carboxylic acid groups (broad SMARTS) is 1. The van der Waals surface area contributed by atoms with E-state index >= 15 is 0 Å². The number of ether oxygens (including phenoxy) is 1. The topological polar surface area (TPSA) is 78.8 Å². The van der Waals surface area contributed by atoms with Gasteiger partial charge in [-0.15, -0.1) is 0 Å². The van der Waals surface area contributed by atoms with Crippen LogP contribution in [0.3, 0.4) is 0 Å². The lowest BCUT2D eigenvalue weighted by Crippen LogP contribution is -2.33. The van der Waals surface area contributed by atoms with Crippen LogP contribution in [-0.2, 0) is 11.3 Å². The fourth-order valence-electron chi connectivity index (χ4n) is 1.20. The van der Waals surface area contributed by atoms with Crippen LogP contribution in [0.4, 0.5) is 0 Å². The van der Waals surface area contributed by atoms with E-state index in [2.05, 4.69) is 5.32 Å². The average Bonchev–Trinajstić information content (AvgIpc) is 2.25. The number of carbonyl (C=O) groups is 1. The van der Waals surface area contributed by atoms with Crippen LogP contribution < -0.4 is 10.1 Å². The lowest BCUT2D eigenvalue weighted by molar-refractivity contribution is -0.139. The van der Waals surface area contributed by atoms with Gasteiger partial charge in [0.15, 0.2) is 11.5 Å². The zero-order valence-electron chi connectivity index (χ0n) is 9.23. The molecular formula is C11H15NO4. The van der Waals surface area contributed by atoms with Crippen molar-refractivity contribution >= 4 is 5.97 Å². The zero-order valence-corrected chi connectivity index (χ0v) is 9.23. The molecule has 1 atom stereocenters. The molecule has 0 aromatic heterocycles. The second kappa shape index (κ2) is 5.37. The second-order valence-electron chi connectivity index (χ2n) is 3.45. The van der Waals surface area contributed by atoms with Gasteiger partial charge in [0.25, 0.3) is 0 Å². The third-order valence-electron chi connectivity index (χ3n) is 2.23. The Labute approximate surface area is 93.7 Å². The summed E-state index contributed by atoms with van der Waals surface area (Å²) in [5.41, 5.74) is 0.798. The highest BCUT2D eigenvalue weighted by Gasteiger charge is 2.10. The smallest absolute Gasteiger partial charge is 0.320 e. The first-order valence-electron chi connectivity index (χ1n) is 4.86. The standard InChI is InChI=1S/C11H15NO4/c1-7(11(14)15)12-6-8-3-4-10(16-2)9(13)5-8/h3-5,7,12-13H,6H2,1-2H3,(H,14,15). The summed E-state index contributed by atoms with van der Waals surface area (Å²) in [5, 5.41) is 21.0. The van der Waals surface area contributed by atoms with E-state index in [9.17, 15) is 9.90 Å². The van der Waals surface area contributed by atoms with Gasteiger partial charge in [0.2, 0.25) is 0 Å². The van der Waals surface area contributed by atoms with Crippen LogP contribution in [0.25, 0.3) is 0 Å². The third-order valence-corrected chi connectivity index (χ3v) is 2.23. The highest BCUT2D eigenvalue weighted by molar-refractivity contribution is 5.72. The van der Waals surface area contributed by atoms with Crippen LogP contribution in [0.15, 0.2) is 18.2 Å². The second-order valence-corrected chi connectivity index (χ2v) is 3.45. The van der Waals surface area contributed by atoms with Crippen molar-refractivity contribution in [1.29, 1.82) is 0 Å². The molecule has 0 fully saturated rings. The molecule has 0 saturated heterocycles. The molecule has 5 nitrogen and oxygen atoms in total. The Morgan fingerprint density at radius 3 is 2.75 bits per heavy atom. The normalized spacial score (nSPS) is 12.1. The molecule has 0 aliphatic carbocycles. The van der Waals surface area contributed by atoms with Gasteiger partial charge in [-0.2, -0.15) is 0 Å². The van der Waals surface area contributed by atoms with E-state index in [1.165, 1.54) is 7.11 Å². The molecule has 3 N–H and O–H groups in total. The minimum atomic E-state index is -0.905. The zero-order chi connectivity index (χ0) is 12.1. The van der Waals surface area contributed by atoms with Crippen molar-refractivity contribution in [2.45, 2.75) is 19.5 Å². The maximum absolute atomic E-state index is 10.6. The predicted molar refractivity (Wildman–Crippen MR) is 58.6 cm³/mol. The van der Waals surface area contributed by atoms with E-state index in [1.807, 2.05) is 0 Å². The van der Waals surface area contributed by atoms with Crippen LogP contribution in [0.1, 0.15) is 12.5 Å². The molecule has 0 radical (unpaired) electrons. The molecule has 5 heteroatoms. The number of rotatable bonds is 5. The van der Waals surface area contributed by atoms with Crippen molar-refractivity contribution in [2.24, 2.45) is 0 Å². The number of phenols is 1. The van der Waals surface area contributed by atoms with Gasteiger partial charge in [-0.25, -0.2) is 0 Å². The van der Waals surface area contributed by atoms with E-state index in [1.54, 1.807) is 25.1 Å². The van der Waals surface area contributed by atoms with Gasteiger partial charge in [0.05, 0.1) is 7.11 Å². The Hall–Kier alpha value is -1.75. The first-order chi connectivity index (χ1) is 7.54. The van der Waals surface area contributed by atoms with Crippen LogP contribution in [-0.4, -0.2) is 29.3 Å². The van der Waals surface area contributed by atoms with Crippen LogP contribution in [0, 0.1) is 0 Å². The quantitative estimate of drug-likeness (QED) is 0.695. The van der Waals surface area contributed by atoms with Gasteiger partial charge in [-0.3, -0.25) is 4.79 Å². The number of hydrogen-bond acceptors (Lipinski definition) is 4. The van der Waals surface area contributed by atoms with Gasteiger partial charge in [0, 0.05) is 6.54 Å². The number of aliphatic carboxylic acids is 1. The fraction of sp³-hybridized carbons (Fsp3) is 0.364. The molecule has 0 aliphatic heterocycles. The molecule has 0 amide bonds. The van der Waals surface area contributed by atoms with Crippen molar-refractivity contribution in [1.82, 2.24) is 5.32 Å². The summed E-state index contributed by atoms with van der Waals surface area (Å²) in [7, 11) is 1.47. The van der Waals surface area contributed by atoms with Crippen molar-refractivity contribution in [2.75, 3.05) is 7.11 Å². The molecule has 88 valence electrons. The summed E-state index contributed by atoms with van der Waals surface area (Å²) in [4.78, 5) is 10.6. The highest BCUT2D eigenvalue weighted by Crippen LogP contribution is 2.25. The summed E-state index contributed by atoms with van der Waals surface area (Å²) in [5.74, 6) is -0.461. The van der Waals surface area contributed by atoms with Crippen molar-refractivity contribution in [3.8, 4) is 11.5 Å². The molecule has 1 unspecified atom stereocenters. The van der Waals surface area contributed by atoms with E-state index in [0.717, 1.165) is 5.56 Å². The molecule has 1 rings (SSSR count). The Morgan fingerprint density at radius 2 is 2.25 bits per heavy atom. The number of carboxylic acids is 1. The predicted octanol–water partition coefficient (Wildman–Crippen LogP) is 0.963. The molecule has 0 heterocycles. The van der Waals surface area contributed by atoms with Crippen LogP contribution in [0.5, 0.6) is 11.5 Å². The van der Waals surface area contributed by atoms with Crippen LogP contribution in [0.2, 0.25) is 0 Å². The number of hydrogen-bond donors (Lipinski definition) is 3. The van der Waals surface area contributed by atoms with E-state index in [0.29, 0.717) is 12.3 Å². The minimum absolute atomic E-state index is 0.0461. The number of benzene rings is 1. The number of aromatic hydroxyl groups is 1. The Morgan fingerprint density at radius 1 is 1.56 bits per heavy atom. The van der Waals surface area contributed by atoms with E-state index < -0.39 is 12.0 Å². The summed E-state index contributed by atoms with van der Waals surface area (Å²) >= 11 is 0. The van der Waals surface area contributed by atoms with Crippen molar-refractivity contribution in [3.05, 3.63) is 23.8 Å². The van der Waals surface area contributed by atoms with Gasteiger partial charge in [-0.05, 0) is 24.6 Å². The first kappa shape index (κ1) is 12.3. The van der Waals surface area contributed by atoms with Crippen molar-refractivity contribution in [3.63, 3.8) is 0 Å². The maximum Gasteiger partial charge on any atom is 0.320 e. The molecule has 0 spiro atoms. The molecular weight excluding hydrogens is 210 g/mol. The lowest BCUT2D eigenvalue weighted by Gasteiger charge is -2.10. The van der Waals surface area contributed by atoms with Gasteiger partial charge in [0.1, 0.15) is 6.04 Å². The lowest BCUT2D eigenvalue weighted by atomic mass is 10.2. The largest absolute Gasteiger partial charge is 0.504 e.